The Labute approximate surface area is 120 Å². The number of nitrogens with zero attached hydrogens (tertiary/aromatic N) is 3. The average molecular weight is 276 g/mol. The largest absolute Gasteiger partial charge is 0.348 e. The first-order valence-electron chi connectivity index (χ1n) is 7.83. The van der Waals surface area contributed by atoms with E-state index in [2.05, 4.69) is 14.9 Å². The maximum atomic E-state index is 11.7. The van der Waals surface area contributed by atoms with E-state index in [1.165, 1.54) is 19.3 Å². The predicted octanol–water partition coefficient (Wildman–Crippen LogP) is 1.78. The number of hydrogen-bond acceptors (Lipinski definition) is 3. The van der Waals surface area contributed by atoms with Gasteiger partial charge in [-0.25, -0.2) is 4.98 Å². The number of nitrogens with one attached hydrogen (secondary N) is 1. The first-order chi connectivity index (χ1) is 9.83. The highest BCUT2D eigenvalue weighted by atomic mass is 16.2. The highest BCUT2D eigenvalue weighted by molar-refractivity contribution is 5.77. The zero-order valence-corrected chi connectivity index (χ0v) is 12.1. The summed E-state index contributed by atoms with van der Waals surface area (Å²) in [7, 11) is 0. The molecular formula is C15H24N4O. The Balaban J connectivity index is 1.53. The lowest BCUT2D eigenvalue weighted by Gasteiger charge is -2.36. The van der Waals surface area contributed by atoms with Gasteiger partial charge in [0.05, 0.1) is 6.54 Å². The minimum absolute atomic E-state index is 0.346. The van der Waals surface area contributed by atoms with Crippen LogP contribution in [0.1, 0.15) is 44.3 Å². The molecule has 0 radical (unpaired) electrons. The lowest BCUT2D eigenvalue weighted by atomic mass is 9.99. The molecule has 110 valence electrons. The lowest BCUT2D eigenvalue weighted by Crippen LogP contribution is -2.41. The molecule has 3 heterocycles. The number of aromatic amines is 1. The Kier molecular flexibility index (Phi) is 4.35. The Morgan fingerprint density at radius 2 is 2.25 bits per heavy atom. The number of piperidine rings is 1. The SMILES string of the molecule is O=C1CCCN1CC[C@H]1CCCCN1Cc1ncc[nH]1. The van der Waals surface area contributed by atoms with Gasteiger partial charge in [-0.1, -0.05) is 6.42 Å². The molecule has 0 saturated carbocycles. The third-order valence-corrected chi connectivity index (χ3v) is 4.56. The average Bonchev–Trinajstić information content (AvgIpc) is 3.10. The second-order valence-electron chi connectivity index (χ2n) is 5.93. The van der Waals surface area contributed by atoms with Crippen molar-refractivity contribution >= 4 is 5.91 Å². The molecule has 3 rings (SSSR count). The molecular weight excluding hydrogens is 252 g/mol. The Bertz CT molecular complexity index is 431. The molecule has 0 spiro atoms. The number of likely N-dealkylation sites (tertiary alicyclic amines) is 2. The highest BCUT2D eigenvalue weighted by Gasteiger charge is 2.26. The Morgan fingerprint density at radius 1 is 1.30 bits per heavy atom. The van der Waals surface area contributed by atoms with E-state index in [0.29, 0.717) is 11.9 Å². The van der Waals surface area contributed by atoms with Crippen molar-refractivity contribution in [1.29, 1.82) is 0 Å². The van der Waals surface area contributed by atoms with Crippen molar-refractivity contribution < 1.29 is 4.79 Å². The number of aromatic nitrogens is 2. The van der Waals surface area contributed by atoms with Gasteiger partial charge in [0, 0.05) is 37.9 Å². The molecule has 0 aromatic carbocycles. The smallest absolute Gasteiger partial charge is 0.222 e. The van der Waals surface area contributed by atoms with Gasteiger partial charge in [-0.15, -0.1) is 0 Å². The van der Waals surface area contributed by atoms with E-state index in [4.69, 9.17) is 0 Å². The zero-order chi connectivity index (χ0) is 13.8. The van der Waals surface area contributed by atoms with Crippen LogP contribution in [-0.2, 0) is 11.3 Å². The number of imidazole rings is 1. The summed E-state index contributed by atoms with van der Waals surface area (Å²) < 4.78 is 0. The van der Waals surface area contributed by atoms with Gasteiger partial charge in [0.25, 0.3) is 0 Å². The lowest BCUT2D eigenvalue weighted by molar-refractivity contribution is -0.127. The van der Waals surface area contributed by atoms with Crippen LogP contribution in [0.25, 0.3) is 0 Å². The van der Waals surface area contributed by atoms with E-state index in [1.54, 1.807) is 0 Å². The van der Waals surface area contributed by atoms with E-state index in [9.17, 15) is 4.79 Å². The summed E-state index contributed by atoms with van der Waals surface area (Å²) in [4.78, 5) is 23.8. The van der Waals surface area contributed by atoms with Crippen LogP contribution in [0.2, 0.25) is 0 Å². The fourth-order valence-electron chi connectivity index (χ4n) is 3.42. The summed E-state index contributed by atoms with van der Waals surface area (Å²) in [5.41, 5.74) is 0. The van der Waals surface area contributed by atoms with Gasteiger partial charge >= 0.3 is 0 Å². The summed E-state index contributed by atoms with van der Waals surface area (Å²) in [6.07, 6.45) is 10.4. The number of amides is 1. The third kappa shape index (κ3) is 3.20. The van der Waals surface area contributed by atoms with Gasteiger partial charge in [-0.3, -0.25) is 9.69 Å². The third-order valence-electron chi connectivity index (χ3n) is 4.56. The molecule has 0 unspecified atom stereocenters. The normalized spacial score (nSPS) is 24.5. The molecule has 1 aromatic rings. The number of carbonyl (C=O) groups is 1. The van der Waals surface area contributed by atoms with Crippen molar-refractivity contribution in [3.8, 4) is 0 Å². The van der Waals surface area contributed by atoms with Gasteiger partial charge < -0.3 is 9.88 Å². The van der Waals surface area contributed by atoms with Gasteiger partial charge in [0.2, 0.25) is 5.91 Å². The predicted molar refractivity (Wildman–Crippen MR) is 77.1 cm³/mol. The Hall–Kier alpha value is -1.36. The van der Waals surface area contributed by atoms with Crippen molar-refractivity contribution in [2.75, 3.05) is 19.6 Å². The van der Waals surface area contributed by atoms with E-state index >= 15 is 0 Å². The molecule has 1 atom stereocenters. The van der Waals surface area contributed by atoms with Crippen LogP contribution >= 0.6 is 0 Å². The number of rotatable bonds is 5. The number of hydrogen-bond donors (Lipinski definition) is 1. The van der Waals surface area contributed by atoms with Crippen LogP contribution < -0.4 is 0 Å². The summed E-state index contributed by atoms with van der Waals surface area (Å²) in [6, 6.07) is 0.599. The summed E-state index contributed by atoms with van der Waals surface area (Å²) in [6.45, 7) is 3.95. The van der Waals surface area contributed by atoms with Crippen molar-refractivity contribution in [1.82, 2.24) is 19.8 Å². The van der Waals surface area contributed by atoms with Gasteiger partial charge in [0.1, 0.15) is 5.82 Å². The second kappa shape index (κ2) is 6.39. The maximum Gasteiger partial charge on any atom is 0.222 e. The molecule has 2 aliphatic heterocycles. The molecule has 5 heteroatoms. The quantitative estimate of drug-likeness (QED) is 0.892. The Morgan fingerprint density at radius 3 is 3.00 bits per heavy atom. The standard InChI is InChI=1S/C15H24N4O/c20-15-5-3-10-18(15)11-6-13-4-1-2-9-19(13)12-14-16-7-8-17-14/h7-8,13H,1-6,9-12H2,(H,16,17)/t13-/m1/s1. The number of H-pyrrole nitrogens is 1. The van der Waals surface area contributed by atoms with E-state index < -0.39 is 0 Å². The molecule has 0 bridgehead atoms. The molecule has 1 N–H and O–H groups in total. The summed E-state index contributed by atoms with van der Waals surface area (Å²) >= 11 is 0. The van der Waals surface area contributed by atoms with Gasteiger partial charge in [-0.2, -0.15) is 0 Å². The number of carbonyl (C=O) groups excluding carboxylic acids is 1. The molecule has 5 nitrogen and oxygen atoms in total. The fraction of sp³-hybridized carbons (Fsp3) is 0.733. The monoisotopic (exact) mass is 276 g/mol. The molecule has 2 fully saturated rings. The van der Waals surface area contributed by atoms with Crippen LogP contribution in [-0.4, -0.2) is 51.4 Å². The molecule has 1 aromatic heterocycles. The van der Waals surface area contributed by atoms with Crippen LogP contribution in [0.4, 0.5) is 0 Å². The first-order valence-corrected chi connectivity index (χ1v) is 7.83. The minimum Gasteiger partial charge on any atom is -0.348 e. The summed E-state index contributed by atoms with van der Waals surface area (Å²) in [5.74, 6) is 1.40. The van der Waals surface area contributed by atoms with E-state index in [1.807, 2.05) is 17.3 Å². The van der Waals surface area contributed by atoms with Gasteiger partial charge in [-0.05, 0) is 32.2 Å². The van der Waals surface area contributed by atoms with Crippen LogP contribution in [0.15, 0.2) is 12.4 Å². The van der Waals surface area contributed by atoms with Crippen molar-refractivity contribution in [3.05, 3.63) is 18.2 Å². The highest BCUT2D eigenvalue weighted by Crippen LogP contribution is 2.22. The summed E-state index contributed by atoms with van der Waals surface area (Å²) in [5, 5.41) is 0. The molecule has 2 aliphatic rings. The molecule has 2 saturated heterocycles. The fourth-order valence-corrected chi connectivity index (χ4v) is 3.42. The van der Waals surface area contributed by atoms with Crippen LogP contribution in [0.3, 0.4) is 0 Å². The van der Waals surface area contributed by atoms with Crippen molar-refractivity contribution in [2.45, 2.75) is 51.1 Å². The van der Waals surface area contributed by atoms with Crippen molar-refractivity contribution in [3.63, 3.8) is 0 Å². The van der Waals surface area contributed by atoms with Crippen LogP contribution in [0, 0.1) is 0 Å². The van der Waals surface area contributed by atoms with E-state index in [0.717, 1.165) is 51.3 Å². The molecule has 0 aliphatic carbocycles. The minimum atomic E-state index is 0.346. The van der Waals surface area contributed by atoms with Gasteiger partial charge in [0.15, 0.2) is 0 Å². The zero-order valence-electron chi connectivity index (χ0n) is 12.1. The first kappa shape index (κ1) is 13.6. The second-order valence-corrected chi connectivity index (χ2v) is 5.93. The molecule has 20 heavy (non-hydrogen) atoms. The maximum absolute atomic E-state index is 11.7. The topological polar surface area (TPSA) is 52.2 Å². The van der Waals surface area contributed by atoms with Crippen molar-refractivity contribution in [2.24, 2.45) is 0 Å². The van der Waals surface area contributed by atoms with E-state index in [-0.39, 0.29) is 0 Å². The molecule has 1 amide bonds. The van der Waals surface area contributed by atoms with Crippen LogP contribution in [0.5, 0.6) is 0 Å².